The number of aryl methyl sites for hydroxylation is 1. The fourth-order valence-electron chi connectivity index (χ4n) is 2.25. The Kier molecular flexibility index (Phi) is 5.16. The van der Waals surface area contributed by atoms with Crippen LogP contribution in [-0.4, -0.2) is 16.2 Å². The van der Waals surface area contributed by atoms with Crippen molar-refractivity contribution in [3.63, 3.8) is 0 Å². The molecule has 2 aromatic rings. The van der Waals surface area contributed by atoms with Gasteiger partial charge in [0.15, 0.2) is 5.82 Å². The van der Waals surface area contributed by atoms with Gasteiger partial charge in [0.1, 0.15) is 11.6 Å². The first-order valence-corrected chi connectivity index (χ1v) is 7.45. The Balaban J connectivity index is 2.10. The van der Waals surface area contributed by atoms with Crippen molar-refractivity contribution in [2.75, 3.05) is 0 Å². The lowest BCUT2D eigenvalue weighted by atomic mass is 9.82. The van der Waals surface area contributed by atoms with E-state index in [-0.39, 0.29) is 12.1 Å². The van der Waals surface area contributed by atoms with Crippen molar-refractivity contribution >= 4 is 6.03 Å². The molecule has 2 N–H and O–H groups in total. The van der Waals surface area contributed by atoms with Crippen LogP contribution in [0.2, 0.25) is 0 Å². The summed E-state index contributed by atoms with van der Waals surface area (Å²) in [6, 6.07) is 2.14. The number of amides is 2. The fraction of sp³-hybridized carbons (Fsp3) is 0.438. The van der Waals surface area contributed by atoms with Crippen molar-refractivity contribution in [3.8, 4) is 0 Å². The number of aromatic nitrogens is 2. The average molecular weight is 338 g/mol. The van der Waals surface area contributed by atoms with Gasteiger partial charge in [-0.15, -0.1) is 0 Å². The number of urea groups is 1. The number of benzene rings is 1. The van der Waals surface area contributed by atoms with Crippen molar-refractivity contribution in [1.29, 1.82) is 0 Å². The molecule has 1 heterocycles. The summed E-state index contributed by atoms with van der Waals surface area (Å²) in [6.45, 7) is 7.27. The van der Waals surface area contributed by atoms with Crippen LogP contribution >= 0.6 is 0 Å². The molecule has 0 aliphatic heterocycles. The average Bonchev–Trinajstić information content (AvgIpc) is 2.88. The first-order valence-electron chi connectivity index (χ1n) is 7.45. The Hall–Kier alpha value is -2.51. The van der Waals surface area contributed by atoms with Gasteiger partial charge in [-0.05, 0) is 11.5 Å². The number of nitrogens with zero attached hydrogens (tertiary/aromatic N) is 2. The van der Waals surface area contributed by atoms with E-state index in [1.807, 2.05) is 20.8 Å². The van der Waals surface area contributed by atoms with E-state index in [0.717, 1.165) is 6.07 Å². The maximum absolute atomic E-state index is 14.1. The molecular weight excluding hydrogens is 318 g/mol. The van der Waals surface area contributed by atoms with E-state index >= 15 is 0 Å². The summed E-state index contributed by atoms with van der Waals surface area (Å²) in [6.07, 6.45) is 0. The highest BCUT2D eigenvalue weighted by Gasteiger charge is 2.30. The first kappa shape index (κ1) is 17.8. The van der Waals surface area contributed by atoms with Gasteiger partial charge in [-0.2, -0.15) is 4.98 Å². The van der Waals surface area contributed by atoms with Gasteiger partial charge < -0.3 is 15.2 Å². The predicted molar refractivity (Wildman–Crippen MR) is 83.0 cm³/mol. The van der Waals surface area contributed by atoms with Crippen LogP contribution in [-0.2, 0) is 6.54 Å². The highest BCUT2D eigenvalue weighted by atomic mass is 19.1. The normalized spacial score (nSPS) is 12.8. The Morgan fingerprint density at radius 2 is 2.04 bits per heavy atom. The van der Waals surface area contributed by atoms with Crippen LogP contribution in [0.4, 0.5) is 13.6 Å². The van der Waals surface area contributed by atoms with E-state index in [1.54, 1.807) is 6.92 Å². The molecule has 130 valence electrons. The summed E-state index contributed by atoms with van der Waals surface area (Å²) in [5.41, 5.74) is -0.270. The van der Waals surface area contributed by atoms with Gasteiger partial charge >= 0.3 is 6.03 Å². The van der Waals surface area contributed by atoms with E-state index < -0.39 is 29.1 Å². The van der Waals surface area contributed by atoms with Gasteiger partial charge in [0.05, 0.1) is 12.6 Å². The number of nitrogens with one attached hydrogen (secondary N) is 2. The monoisotopic (exact) mass is 338 g/mol. The highest BCUT2D eigenvalue weighted by Crippen LogP contribution is 2.34. The maximum Gasteiger partial charge on any atom is 0.315 e. The zero-order valence-corrected chi connectivity index (χ0v) is 14.0. The van der Waals surface area contributed by atoms with Gasteiger partial charge in [0.25, 0.3) is 0 Å². The minimum Gasteiger partial charge on any atom is -0.340 e. The van der Waals surface area contributed by atoms with E-state index in [2.05, 4.69) is 20.8 Å². The molecule has 0 aliphatic rings. The second-order valence-electron chi connectivity index (χ2n) is 6.52. The second kappa shape index (κ2) is 6.94. The lowest BCUT2D eigenvalue weighted by molar-refractivity contribution is 0.216. The van der Waals surface area contributed by atoms with Crippen LogP contribution in [0.3, 0.4) is 0 Å². The Morgan fingerprint density at radius 3 is 2.58 bits per heavy atom. The first-order chi connectivity index (χ1) is 11.2. The van der Waals surface area contributed by atoms with Crippen LogP contribution < -0.4 is 10.6 Å². The summed E-state index contributed by atoms with van der Waals surface area (Å²) in [7, 11) is 0. The number of carbonyl (C=O) groups excluding carboxylic acids is 1. The van der Waals surface area contributed by atoms with Gasteiger partial charge in [-0.3, -0.25) is 0 Å². The second-order valence-corrected chi connectivity index (χ2v) is 6.52. The summed E-state index contributed by atoms with van der Waals surface area (Å²) < 4.78 is 32.0. The lowest BCUT2D eigenvalue weighted by Crippen LogP contribution is -2.42. The number of carbonyl (C=O) groups is 1. The van der Waals surface area contributed by atoms with E-state index in [9.17, 15) is 13.6 Å². The van der Waals surface area contributed by atoms with Crippen molar-refractivity contribution in [3.05, 3.63) is 47.1 Å². The Labute approximate surface area is 138 Å². The SMILES string of the molecule is Cc1nc(CNC(=O)N[C@H](c2ccc(F)cc2F)C(C)(C)C)no1. The molecule has 0 unspecified atom stereocenters. The number of hydrogen-bond acceptors (Lipinski definition) is 4. The molecule has 24 heavy (non-hydrogen) atoms. The summed E-state index contributed by atoms with van der Waals surface area (Å²) in [5, 5.41) is 8.96. The third kappa shape index (κ3) is 4.50. The van der Waals surface area contributed by atoms with E-state index in [1.165, 1.54) is 12.1 Å². The molecule has 1 aromatic heterocycles. The molecule has 0 radical (unpaired) electrons. The largest absolute Gasteiger partial charge is 0.340 e. The van der Waals surface area contributed by atoms with E-state index in [4.69, 9.17) is 4.52 Å². The molecule has 1 aromatic carbocycles. The molecule has 2 amide bonds. The molecular formula is C16H20F2N4O2. The summed E-state index contributed by atoms with van der Waals surface area (Å²) >= 11 is 0. The zero-order chi connectivity index (χ0) is 17.9. The number of halogens is 2. The van der Waals surface area contributed by atoms with Crippen LogP contribution in [0.1, 0.15) is 44.1 Å². The maximum atomic E-state index is 14.1. The lowest BCUT2D eigenvalue weighted by Gasteiger charge is -2.32. The minimum atomic E-state index is -0.705. The van der Waals surface area contributed by atoms with Crippen LogP contribution in [0.15, 0.2) is 22.7 Å². The number of rotatable bonds is 4. The molecule has 0 spiro atoms. The van der Waals surface area contributed by atoms with Crippen molar-refractivity contribution in [2.24, 2.45) is 5.41 Å². The highest BCUT2D eigenvalue weighted by molar-refractivity contribution is 5.74. The quantitative estimate of drug-likeness (QED) is 0.897. The van der Waals surface area contributed by atoms with E-state index in [0.29, 0.717) is 11.7 Å². The summed E-state index contributed by atoms with van der Waals surface area (Å²) in [5.74, 6) is -0.638. The molecule has 0 saturated heterocycles. The standard InChI is InChI=1S/C16H20F2N4O2/c1-9-20-13(22-24-9)8-19-15(23)21-14(16(2,3)4)11-6-5-10(17)7-12(11)18/h5-7,14H,8H2,1-4H3,(H2,19,21,23)/t14-/m1/s1. The smallest absolute Gasteiger partial charge is 0.315 e. The third-order valence-electron chi connectivity index (χ3n) is 3.39. The molecule has 1 atom stereocenters. The van der Waals surface area contributed by atoms with Gasteiger partial charge in [-0.1, -0.05) is 32.0 Å². The van der Waals surface area contributed by atoms with Gasteiger partial charge in [0, 0.05) is 18.6 Å². The van der Waals surface area contributed by atoms with Crippen molar-refractivity contribution in [1.82, 2.24) is 20.8 Å². The molecule has 8 heteroatoms. The fourth-order valence-corrected chi connectivity index (χ4v) is 2.25. The molecule has 0 bridgehead atoms. The molecule has 0 fully saturated rings. The van der Waals surface area contributed by atoms with Crippen molar-refractivity contribution < 1.29 is 18.1 Å². The Morgan fingerprint density at radius 1 is 1.33 bits per heavy atom. The summed E-state index contributed by atoms with van der Waals surface area (Å²) in [4.78, 5) is 16.1. The van der Waals surface area contributed by atoms with Crippen molar-refractivity contribution in [2.45, 2.75) is 40.3 Å². The van der Waals surface area contributed by atoms with Gasteiger partial charge in [0.2, 0.25) is 5.89 Å². The minimum absolute atomic E-state index is 0.0753. The topological polar surface area (TPSA) is 80.0 Å². The molecule has 0 aliphatic carbocycles. The van der Waals surface area contributed by atoms with Gasteiger partial charge in [-0.25, -0.2) is 13.6 Å². The zero-order valence-electron chi connectivity index (χ0n) is 14.0. The third-order valence-corrected chi connectivity index (χ3v) is 3.39. The molecule has 2 rings (SSSR count). The van der Waals surface area contributed by atoms with Crippen LogP contribution in [0.5, 0.6) is 0 Å². The Bertz CT molecular complexity index is 725. The number of hydrogen-bond donors (Lipinski definition) is 2. The van der Waals surface area contributed by atoms with Crippen LogP contribution in [0, 0.1) is 24.0 Å². The molecule has 6 nitrogen and oxygen atoms in total. The van der Waals surface area contributed by atoms with Crippen LogP contribution in [0.25, 0.3) is 0 Å². The predicted octanol–water partition coefficient (Wildman–Crippen LogP) is 3.24. The molecule has 0 saturated carbocycles.